The maximum absolute atomic E-state index is 15.1. The number of halogens is 3. The molecule has 0 saturated carbocycles. The van der Waals surface area contributed by atoms with Crippen molar-refractivity contribution in [1.82, 2.24) is 20.3 Å². The lowest BCUT2D eigenvalue weighted by molar-refractivity contribution is 0.466. The molecule has 1 aliphatic rings. The molecule has 9 nitrogen and oxygen atoms in total. The van der Waals surface area contributed by atoms with Gasteiger partial charge in [-0.05, 0) is 68.3 Å². The molecule has 1 saturated heterocycles. The highest BCUT2D eigenvalue weighted by Gasteiger charge is 2.22. The van der Waals surface area contributed by atoms with Gasteiger partial charge in [0.1, 0.15) is 11.6 Å². The normalized spacial score (nSPS) is 15.2. The molecular weight excluding hydrogens is 605 g/mol. The van der Waals surface area contributed by atoms with E-state index in [1.165, 1.54) is 12.1 Å². The Morgan fingerprint density at radius 1 is 0.956 bits per heavy atom. The SMILES string of the molecule is Cc1ccc2c(NS(=O)(=O)Cc3cccc(F)c3F)c(F)ccc2c1Oc1ncccc1-c1ccnc(NC2CCCNC2)n1. The Balaban J connectivity index is 1.33. The van der Waals surface area contributed by atoms with Crippen LogP contribution in [0.5, 0.6) is 11.6 Å². The van der Waals surface area contributed by atoms with Gasteiger partial charge < -0.3 is 15.4 Å². The number of aromatic nitrogens is 3. The Morgan fingerprint density at radius 3 is 2.62 bits per heavy atom. The zero-order valence-electron chi connectivity index (χ0n) is 24.1. The van der Waals surface area contributed by atoms with Crippen molar-refractivity contribution in [2.75, 3.05) is 23.1 Å². The van der Waals surface area contributed by atoms with E-state index in [1.54, 1.807) is 43.6 Å². The largest absolute Gasteiger partial charge is 0.437 e. The maximum Gasteiger partial charge on any atom is 0.237 e. The van der Waals surface area contributed by atoms with Gasteiger partial charge in [-0.25, -0.2) is 36.5 Å². The van der Waals surface area contributed by atoms with Crippen molar-refractivity contribution < 1.29 is 26.3 Å². The summed E-state index contributed by atoms with van der Waals surface area (Å²) in [5.74, 6) is -3.19. The predicted molar refractivity (Wildman–Crippen MR) is 166 cm³/mol. The van der Waals surface area contributed by atoms with Gasteiger partial charge in [0, 0.05) is 41.3 Å². The van der Waals surface area contributed by atoms with Crippen molar-refractivity contribution in [2.45, 2.75) is 31.6 Å². The van der Waals surface area contributed by atoms with Crippen LogP contribution < -0.4 is 20.1 Å². The topological polar surface area (TPSA) is 118 Å². The number of piperidine rings is 1. The molecule has 1 unspecified atom stereocenters. The van der Waals surface area contributed by atoms with Crippen LogP contribution in [-0.2, 0) is 15.8 Å². The fourth-order valence-electron chi connectivity index (χ4n) is 5.26. The summed E-state index contributed by atoms with van der Waals surface area (Å²) in [5, 5.41) is 7.32. The van der Waals surface area contributed by atoms with Crippen LogP contribution in [0.4, 0.5) is 24.8 Å². The van der Waals surface area contributed by atoms with Crippen molar-refractivity contribution in [3.05, 3.63) is 102 Å². The van der Waals surface area contributed by atoms with E-state index in [2.05, 4.69) is 30.3 Å². The lowest BCUT2D eigenvalue weighted by Crippen LogP contribution is -2.38. The molecule has 1 atom stereocenters. The minimum atomic E-state index is -4.35. The third-order valence-electron chi connectivity index (χ3n) is 7.46. The number of pyridine rings is 1. The Hall–Kier alpha value is -4.75. The highest BCUT2D eigenvalue weighted by Crippen LogP contribution is 2.40. The summed E-state index contributed by atoms with van der Waals surface area (Å²) in [6.45, 7) is 3.59. The molecular formula is C32H29F3N6O3S. The Morgan fingerprint density at radius 2 is 1.80 bits per heavy atom. The summed E-state index contributed by atoms with van der Waals surface area (Å²) >= 11 is 0. The van der Waals surface area contributed by atoms with E-state index in [0.717, 1.165) is 44.1 Å². The summed E-state index contributed by atoms with van der Waals surface area (Å²) < 4.78 is 77.6. The van der Waals surface area contributed by atoms with Gasteiger partial charge in [0.15, 0.2) is 11.6 Å². The highest BCUT2D eigenvalue weighted by atomic mass is 32.2. The van der Waals surface area contributed by atoms with Crippen molar-refractivity contribution >= 4 is 32.4 Å². The van der Waals surface area contributed by atoms with Crippen LogP contribution in [0.2, 0.25) is 0 Å². The Bertz CT molecular complexity index is 1990. The molecule has 0 aliphatic carbocycles. The van der Waals surface area contributed by atoms with E-state index in [1.807, 2.05) is 6.07 Å². The second-order valence-corrected chi connectivity index (χ2v) is 12.4. The van der Waals surface area contributed by atoms with Gasteiger partial charge in [-0.15, -0.1) is 0 Å². The molecule has 45 heavy (non-hydrogen) atoms. The predicted octanol–water partition coefficient (Wildman–Crippen LogP) is 6.32. The zero-order valence-corrected chi connectivity index (χ0v) is 25.0. The van der Waals surface area contributed by atoms with Crippen molar-refractivity contribution in [1.29, 1.82) is 0 Å². The summed E-state index contributed by atoms with van der Waals surface area (Å²) in [6, 6.07) is 14.6. The molecule has 232 valence electrons. The number of aryl methyl sites for hydroxylation is 1. The maximum atomic E-state index is 15.1. The van der Waals surface area contributed by atoms with Crippen LogP contribution in [0, 0.1) is 24.4 Å². The number of anilines is 2. The van der Waals surface area contributed by atoms with Crippen LogP contribution in [0.25, 0.3) is 22.0 Å². The Kier molecular flexibility index (Phi) is 8.55. The number of benzene rings is 3. The van der Waals surface area contributed by atoms with E-state index in [9.17, 15) is 17.2 Å². The quantitative estimate of drug-likeness (QED) is 0.173. The fourth-order valence-corrected chi connectivity index (χ4v) is 6.48. The lowest BCUT2D eigenvalue weighted by Gasteiger charge is -2.23. The number of hydrogen-bond donors (Lipinski definition) is 3. The first-order valence-corrected chi connectivity index (χ1v) is 15.9. The van der Waals surface area contributed by atoms with Gasteiger partial charge in [-0.3, -0.25) is 4.72 Å². The summed E-state index contributed by atoms with van der Waals surface area (Å²) in [5.41, 5.74) is 1.10. The minimum absolute atomic E-state index is 0.200. The van der Waals surface area contributed by atoms with Gasteiger partial charge in [0.2, 0.25) is 21.9 Å². The van der Waals surface area contributed by atoms with E-state index in [0.29, 0.717) is 33.9 Å². The van der Waals surface area contributed by atoms with Gasteiger partial charge >= 0.3 is 0 Å². The van der Waals surface area contributed by atoms with Crippen molar-refractivity contribution in [3.63, 3.8) is 0 Å². The second kappa shape index (κ2) is 12.7. The van der Waals surface area contributed by atoms with Gasteiger partial charge in [-0.2, -0.15) is 0 Å². The van der Waals surface area contributed by atoms with Crippen LogP contribution in [-0.4, -0.2) is 42.5 Å². The molecule has 3 aromatic carbocycles. The number of ether oxygens (including phenoxy) is 1. The molecule has 6 rings (SSSR count). The molecule has 0 radical (unpaired) electrons. The first-order chi connectivity index (χ1) is 21.7. The molecule has 3 heterocycles. The highest BCUT2D eigenvalue weighted by molar-refractivity contribution is 7.91. The van der Waals surface area contributed by atoms with E-state index in [-0.39, 0.29) is 28.6 Å². The molecule has 1 fully saturated rings. The monoisotopic (exact) mass is 634 g/mol. The van der Waals surface area contributed by atoms with Crippen LogP contribution in [0.15, 0.2) is 73.1 Å². The molecule has 1 aliphatic heterocycles. The Labute approximate surface area is 258 Å². The van der Waals surface area contributed by atoms with Gasteiger partial charge in [-0.1, -0.05) is 24.3 Å². The number of rotatable bonds is 9. The number of nitrogens with zero attached hydrogens (tertiary/aromatic N) is 3. The molecule has 5 aromatic rings. The molecule has 0 bridgehead atoms. The fraction of sp³-hybridized carbons (Fsp3) is 0.219. The average molecular weight is 635 g/mol. The van der Waals surface area contributed by atoms with Crippen LogP contribution in [0.1, 0.15) is 24.0 Å². The molecule has 0 amide bonds. The van der Waals surface area contributed by atoms with E-state index >= 15 is 4.39 Å². The van der Waals surface area contributed by atoms with Gasteiger partial charge in [0.25, 0.3) is 0 Å². The molecule has 3 N–H and O–H groups in total. The smallest absolute Gasteiger partial charge is 0.237 e. The van der Waals surface area contributed by atoms with Crippen LogP contribution in [0.3, 0.4) is 0 Å². The van der Waals surface area contributed by atoms with E-state index < -0.39 is 33.2 Å². The summed E-state index contributed by atoms with van der Waals surface area (Å²) in [4.78, 5) is 13.5. The average Bonchev–Trinajstić information content (AvgIpc) is 3.03. The third kappa shape index (κ3) is 6.69. The number of hydrogen-bond acceptors (Lipinski definition) is 8. The van der Waals surface area contributed by atoms with Crippen LogP contribution >= 0.6 is 0 Å². The minimum Gasteiger partial charge on any atom is -0.437 e. The third-order valence-corrected chi connectivity index (χ3v) is 8.67. The lowest BCUT2D eigenvalue weighted by atomic mass is 10.0. The summed E-state index contributed by atoms with van der Waals surface area (Å²) in [7, 11) is -4.35. The molecule has 0 spiro atoms. The van der Waals surface area contributed by atoms with Gasteiger partial charge in [0.05, 0.1) is 22.7 Å². The molecule has 13 heteroatoms. The van der Waals surface area contributed by atoms with Crippen molar-refractivity contribution in [2.24, 2.45) is 0 Å². The number of sulfonamides is 1. The van der Waals surface area contributed by atoms with E-state index in [4.69, 9.17) is 4.74 Å². The first kappa shape index (κ1) is 30.3. The first-order valence-electron chi connectivity index (χ1n) is 14.3. The number of fused-ring (bicyclic) bond motifs is 1. The number of nitrogens with one attached hydrogen (secondary N) is 3. The second-order valence-electron chi connectivity index (χ2n) is 10.7. The standard InChI is InChI=1S/C32H29F3N6O3S/c1-19-9-10-22-23(11-12-26(34)29(22)41-45(42,43)18-20-5-2-8-25(33)28(20)35)30(19)44-31-24(7-4-15-37-31)27-13-16-38-32(40-27)39-21-6-3-14-36-17-21/h2,4-5,7-13,15-16,21,36,41H,3,6,14,17-18H2,1H3,(H,38,39,40). The molecule has 2 aromatic heterocycles. The zero-order chi connectivity index (χ0) is 31.6. The van der Waals surface area contributed by atoms with Crippen molar-refractivity contribution in [3.8, 4) is 22.9 Å². The summed E-state index contributed by atoms with van der Waals surface area (Å²) in [6.07, 6.45) is 5.28.